The van der Waals surface area contributed by atoms with Crippen molar-refractivity contribution in [2.24, 2.45) is 0 Å². The number of alkyl halides is 2. The van der Waals surface area contributed by atoms with Crippen LogP contribution in [0.4, 0.5) is 14.7 Å². The number of nitrogens with zero attached hydrogens (tertiary/aromatic N) is 8. The Morgan fingerprint density at radius 2 is 1.91 bits per heavy atom. The van der Waals surface area contributed by atoms with Gasteiger partial charge in [-0.15, -0.1) is 10.2 Å². The van der Waals surface area contributed by atoms with Gasteiger partial charge < -0.3 is 25.1 Å². The zero-order valence-electron chi connectivity index (χ0n) is 22.5. The van der Waals surface area contributed by atoms with E-state index >= 15 is 4.39 Å². The number of rotatable bonds is 13. The number of aromatic amines is 2. The number of H-pyrrole nitrogens is 2. The van der Waals surface area contributed by atoms with Crippen molar-refractivity contribution in [2.45, 2.75) is 50.5 Å². The van der Waals surface area contributed by atoms with Crippen LogP contribution in [-0.2, 0) is 32.2 Å². The van der Waals surface area contributed by atoms with Crippen molar-refractivity contribution >= 4 is 66.4 Å². The lowest BCUT2D eigenvalue weighted by molar-refractivity contribution is -0.147. The molecule has 4 aromatic rings. The maximum Gasteiger partial charge on any atom is 0.388 e. The molecule has 27 heteroatoms. The summed E-state index contributed by atoms with van der Waals surface area (Å²) in [6.07, 6.45) is -9.31. The molecule has 5 N–H and O–H groups in total. The third-order valence-electron chi connectivity index (χ3n) is 6.11. The molecule has 4 aromatic heterocycles. The third-order valence-corrected chi connectivity index (χ3v) is 8.51. The van der Waals surface area contributed by atoms with E-state index in [-0.39, 0.29) is 34.7 Å². The Balaban J connectivity index is 1.24. The fraction of sp³-hybridized carbons (Fsp3) is 0.556. The van der Waals surface area contributed by atoms with Crippen LogP contribution < -0.4 is 16.9 Å². The van der Waals surface area contributed by atoms with Gasteiger partial charge in [-0.05, 0) is 6.92 Å². The average molecular weight is 718 g/mol. The monoisotopic (exact) mass is 717 g/mol. The summed E-state index contributed by atoms with van der Waals surface area (Å²) in [5.41, 5.74) is 3.82. The molecule has 2 unspecified atom stereocenters. The molecule has 1 fully saturated rings. The van der Waals surface area contributed by atoms with Crippen LogP contribution in [0.2, 0.25) is 0 Å². The lowest BCUT2D eigenvalue weighted by Crippen LogP contribution is -2.34. The molecule has 8 atom stereocenters. The van der Waals surface area contributed by atoms with Gasteiger partial charge >= 0.3 is 13.6 Å². The number of thiol groups is 2. The summed E-state index contributed by atoms with van der Waals surface area (Å²) in [4.78, 5) is 45.7. The van der Waals surface area contributed by atoms with E-state index in [0.717, 1.165) is 15.7 Å². The lowest BCUT2D eigenvalue weighted by atomic mass is 10.2. The average Bonchev–Trinajstić information content (AvgIpc) is 3.66. The zero-order chi connectivity index (χ0) is 32.7. The van der Waals surface area contributed by atoms with E-state index < -0.39 is 75.1 Å². The minimum absolute atomic E-state index is 0.0481. The molecule has 246 valence electrons. The van der Waals surface area contributed by atoms with Gasteiger partial charge in [0, 0.05) is 6.42 Å². The number of anilines is 1. The quantitative estimate of drug-likeness (QED) is 0.0814. The number of hydrogen-bond acceptors (Lipinski definition) is 16. The van der Waals surface area contributed by atoms with Crippen LogP contribution in [-0.4, -0.2) is 92.8 Å². The van der Waals surface area contributed by atoms with Crippen molar-refractivity contribution in [3.05, 3.63) is 27.0 Å². The Morgan fingerprint density at radius 3 is 2.64 bits per heavy atom. The molecule has 0 amide bonds. The van der Waals surface area contributed by atoms with Crippen LogP contribution in [0, 0.1) is 0 Å². The molecule has 0 radical (unpaired) electrons. The van der Waals surface area contributed by atoms with E-state index in [1.54, 1.807) is 0 Å². The van der Waals surface area contributed by atoms with Gasteiger partial charge in [0.05, 0.1) is 19.5 Å². The van der Waals surface area contributed by atoms with Crippen LogP contribution >= 0.6 is 38.1 Å². The highest BCUT2D eigenvalue weighted by molar-refractivity contribution is 8.44. The molecule has 21 nitrogen and oxygen atoms in total. The number of fused-ring (bicyclic) bond motifs is 2. The second-order valence-corrected chi connectivity index (χ2v) is 14.9. The first-order valence-electron chi connectivity index (χ1n) is 12.5. The van der Waals surface area contributed by atoms with Crippen LogP contribution in [0.3, 0.4) is 0 Å². The van der Waals surface area contributed by atoms with Gasteiger partial charge in [-0.2, -0.15) is 14.3 Å². The van der Waals surface area contributed by atoms with Gasteiger partial charge in [0.15, 0.2) is 34.8 Å². The summed E-state index contributed by atoms with van der Waals surface area (Å²) in [7, 11) is 0. The van der Waals surface area contributed by atoms with E-state index in [1.807, 2.05) is 0 Å². The first kappa shape index (κ1) is 33.5. The minimum Gasteiger partial charge on any atom is -0.369 e. The molecular weight excluding hydrogens is 694 g/mol. The molecule has 1 aliphatic rings. The van der Waals surface area contributed by atoms with Crippen molar-refractivity contribution in [2.75, 3.05) is 18.9 Å². The molecule has 1 saturated heterocycles. The highest BCUT2D eigenvalue weighted by atomic mass is 32.7. The maximum absolute atomic E-state index is 15.3. The van der Waals surface area contributed by atoms with Crippen LogP contribution in [0.25, 0.3) is 22.3 Å². The predicted octanol–water partition coefficient (Wildman–Crippen LogP) is 0.568. The SMILES string of the molecule is C[C@@H](O[C@H](COP(=O)(O)S)[C@@H](F)OP(=O)(S)OC[C@H]1O[C@@H](n2nnc3c(=O)[nH]c(N)nc32)C[C@@H]1F)n1nnc2c(=O)[nH]cnc21. The second kappa shape index (κ2) is 13.1. The summed E-state index contributed by atoms with van der Waals surface area (Å²) >= 11 is 7.08. The van der Waals surface area contributed by atoms with Gasteiger partial charge in [0.2, 0.25) is 12.3 Å². The molecule has 0 spiro atoms. The molecule has 0 aromatic carbocycles. The predicted molar refractivity (Wildman–Crippen MR) is 153 cm³/mol. The van der Waals surface area contributed by atoms with E-state index in [4.69, 9.17) is 24.3 Å². The van der Waals surface area contributed by atoms with E-state index in [0.29, 0.717) is 0 Å². The Kier molecular flexibility index (Phi) is 9.75. The van der Waals surface area contributed by atoms with Crippen LogP contribution in [0.15, 0.2) is 15.9 Å². The third kappa shape index (κ3) is 7.76. The number of nitrogens with two attached hydrogens (primary N) is 1. The fourth-order valence-electron chi connectivity index (χ4n) is 4.11. The number of halogens is 2. The van der Waals surface area contributed by atoms with Crippen molar-refractivity contribution in [1.29, 1.82) is 0 Å². The highest BCUT2D eigenvalue weighted by Crippen LogP contribution is 2.55. The van der Waals surface area contributed by atoms with Crippen molar-refractivity contribution < 1.29 is 45.8 Å². The largest absolute Gasteiger partial charge is 0.388 e. The van der Waals surface area contributed by atoms with Crippen LogP contribution in [0.5, 0.6) is 0 Å². The maximum atomic E-state index is 15.3. The number of nitrogens with one attached hydrogen (secondary N) is 2. The first-order chi connectivity index (χ1) is 21.1. The number of ether oxygens (including phenoxy) is 2. The fourth-order valence-corrected chi connectivity index (χ4v) is 5.91. The minimum atomic E-state index is -4.64. The summed E-state index contributed by atoms with van der Waals surface area (Å²) in [6.45, 7) is -9.49. The van der Waals surface area contributed by atoms with Gasteiger partial charge in [0.25, 0.3) is 11.1 Å². The second-order valence-electron chi connectivity index (χ2n) is 9.26. The van der Waals surface area contributed by atoms with Gasteiger partial charge in [-0.1, -0.05) is 34.9 Å². The summed E-state index contributed by atoms with van der Waals surface area (Å²) in [5.74, 6) is -0.237. The van der Waals surface area contributed by atoms with Gasteiger partial charge in [-0.25, -0.2) is 22.9 Å². The van der Waals surface area contributed by atoms with Crippen molar-refractivity contribution in [1.82, 2.24) is 49.9 Å². The normalized spacial score (nSPS) is 23.6. The smallest absolute Gasteiger partial charge is 0.369 e. The van der Waals surface area contributed by atoms with E-state index in [2.05, 4.69) is 69.6 Å². The Bertz CT molecular complexity index is 1910. The molecule has 1 aliphatic heterocycles. The summed E-state index contributed by atoms with van der Waals surface area (Å²) in [5, 5.41) is 14.9. The molecular formula is C18H23F2N11O10P2S2. The molecule has 0 aliphatic carbocycles. The van der Waals surface area contributed by atoms with Gasteiger partial charge in [0.1, 0.15) is 18.4 Å². The zero-order valence-corrected chi connectivity index (χ0v) is 26.1. The summed E-state index contributed by atoms with van der Waals surface area (Å²) < 4.78 is 82.3. The standard InChI is InChI=1S/C18H23F2N11O10P2S2/c1-6(30-14-11(26-28-30)16(32)23-5-22-14)39-9(4-37-42(34,35)44)13(20)41-43(36,45)38-3-8-7(19)2-10(40-8)31-15-12(27-29-31)17(33)25-18(21)24-15/h5-10,13H,2-4H2,1H3,(H,36,45)(H,22,23,32)(H2,34,35,44)(H3,21,24,25,33)/t6-,7+,8-,9-,10-,13+,43?/m1/s1. The molecule has 0 bridgehead atoms. The Labute approximate surface area is 258 Å². The number of aromatic nitrogens is 10. The van der Waals surface area contributed by atoms with E-state index in [1.165, 1.54) is 6.92 Å². The molecule has 5 heterocycles. The number of hydrogen-bond donors (Lipinski definition) is 6. The lowest BCUT2D eigenvalue weighted by Gasteiger charge is -2.27. The molecule has 45 heavy (non-hydrogen) atoms. The Morgan fingerprint density at radius 1 is 1.20 bits per heavy atom. The van der Waals surface area contributed by atoms with Crippen LogP contribution in [0.1, 0.15) is 25.8 Å². The van der Waals surface area contributed by atoms with Crippen molar-refractivity contribution in [3.8, 4) is 0 Å². The van der Waals surface area contributed by atoms with Crippen molar-refractivity contribution in [3.63, 3.8) is 0 Å². The highest BCUT2D eigenvalue weighted by Gasteiger charge is 2.41. The summed E-state index contributed by atoms with van der Waals surface area (Å²) in [6, 6.07) is 0. The number of nitrogen functional groups attached to an aromatic ring is 1. The Hall–Kier alpha value is -2.86. The van der Waals surface area contributed by atoms with E-state index in [9.17, 15) is 28.0 Å². The topological polar surface area (TPSA) is 279 Å². The molecule has 5 rings (SSSR count). The molecule has 0 saturated carbocycles. The van der Waals surface area contributed by atoms with Gasteiger partial charge in [-0.3, -0.25) is 28.1 Å². The first-order valence-corrected chi connectivity index (χ1v) is 17.9.